The van der Waals surface area contributed by atoms with E-state index in [0.717, 1.165) is 17.0 Å². The van der Waals surface area contributed by atoms with Crippen molar-refractivity contribution in [2.45, 2.75) is 26.3 Å². The van der Waals surface area contributed by atoms with Crippen molar-refractivity contribution in [3.63, 3.8) is 0 Å². The smallest absolute Gasteiger partial charge is 0.358 e. The Morgan fingerprint density at radius 1 is 1.32 bits per heavy atom. The molecule has 0 aliphatic carbocycles. The number of thiazole rings is 1. The van der Waals surface area contributed by atoms with Crippen LogP contribution in [0.3, 0.4) is 0 Å². The van der Waals surface area contributed by atoms with E-state index in [9.17, 15) is 9.59 Å². The van der Waals surface area contributed by atoms with Crippen molar-refractivity contribution in [3.05, 3.63) is 41.4 Å². The maximum absolute atomic E-state index is 11.9. The van der Waals surface area contributed by atoms with Crippen LogP contribution in [0.4, 0.5) is 0 Å². The SMILES string of the molecule is CC[C@@H](C)NC(=O)COC(=O)c1csc(-c2ccccc2)n1. The first-order valence-corrected chi connectivity index (χ1v) is 7.95. The molecule has 0 saturated heterocycles. The monoisotopic (exact) mass is 318 g/mol. The number of amides is 1. The van der Waals surface area contributed by atoms with Gasteiger partial charge in [-0.2, -0.15) is 0 Å². The molecular weight excluding hydrogens is 300 g/mol. The number of carbonyl (C=O) groups is 2. The second-order valence-electron chi connectivity index (χ2n) is 4.86. The van der Waals surface area contributed by atoms with Crippen molar-refractivity contribution in [3.8, 4) is 10.6 Å². The van der Waals surface area contributed by atoms with Crippen LogP contribution in [-0.2, 0) is 9.53 Å². The number of nitrogens with one attached hydrogen (secondary N) is 1. The Morgan fingerprint density at radius 2 is 2.05 bits per heavy atom. The summed E-state index contributed by atoms with van der Waals surface area (Å²) in [5.41, 5.74) is 1.17. The van der Waals surface area contributed by atoms with Crippen molar-refractivity contribution >= 4 is 23.2 Å². The number of nitrogens with zero attached hydrogens (tertiary/aromatic N) is 1. The van der Waals surface area contributed by atoms with Crippen molar-refractivity contribution in [1.82, 2.24) is 10.3 Å². The summed E-state index contributed by atoms with van der Waals surface area (Å²) in [6.45, 7) is 3.57. The summed E-state index contributed by atoms with van der Waals surface area (Å²) in [4.78, 5) is 27.7. The highest BCUT2D eigenvalue weighted by Gasteiger charge is 2.15. The summed E-state index contributed by atoms with van der Waals surface area (Å²) in [7, 11) is 0. The molecule has 0 aliphatic rings. The summed E-state index contributed by atoms with van der Waals surface area (Å²) in [6, 6.07) is 9.65. The zero-order chi connectivity index (χ0) is 15.9. The molecule has 0 unspecified atom stereocenters. The third-order valence-corrected chi connectivity index (χ3v) is 3.98. The van der Waals surface area contributed by atoms with Gasteiger partial charge in [-0.25, -0.2) is 9.78 Å². The molecule has 0 radical (unpaired) electrons. The van der Waals surface area contributed by atoms with Crippen LogP contribution in [0.15, 0.2) is 35.7 Å². The minimum Gasteiger partial charge on any atom is -0.451 e. The second kappa shape index (κ2) is 7.70. The lowest BCUT2D eigenvalue weighted by Gasteiger charge is -2.10. The highest BCUT2D eigenvalue weighted by atomic mass is 32.1. The Labute approximate surface area is 133 Å². The van der Waals surface area contributed by atoms with E-state index in [1.165, 1.54) is 11.3 Å². The summed E-state index contributed by atoms with van der Waals surface area (Å²) in [5.74, 6) is -0.890. The van der Waals surface area contributed by atoms with Gasteiger partial charge in [0.1, 0.15) is 5.01 Å². The predicted octanol–water partition coefficient (Wildman–Crippen LogP) is 2.88. The molecule has 0 fully saturated rings. The molecule has 0 spiro atoms. The number of aromatic nitrogens is 1. The molecule has 116 valence electrons. The minimum absolute atomic E-state index is 0.0650. The lowest BCUT2D eigenvalue weighted by Crippen LogP contribution is -2.35. The van der Waals surface area contributed by atoms with Gasteiger partial charge >= 0.3 is 5.97 Å². The maximum atomic E-state index is 11.9. The largest absolute Gasteiger partial charge is 0.451 e. The molecule has 0 bridgehead atoms. The number of benzene rings is 1. The van der Waals surface area contributed by atoms with Gasteiger partial charge in [-0.1, -0.05) is 37.3 Å². The van der Waals surface area contributed by atoms with Gasteiger partial charge in [-0.15, -0.1) is 11.3 Å². The molecule has 1 atom stereocenters. The van der Waals surface area contributed by atoms with Crippen LogP contribution in [0.1, 0.15) is 30.8 Å². The predicted molar refractivity (Wildman–Crippen MR) is 85.7 cm³/mol. The number of hydrogen-bond acceptors (Lipinski definition) is 5. The van der Waals surface area contributed by atoms with E-state index < -0.39 is 5.97 Å². The van der Waals surface area contributed by atoms with Crippen LogP contribution < -0.4 is 5.32 Å². The number of hydrogen-bond donors (Lipinski definition) is 1. The fraction of sp³-hybridized carbons (Fsp3) is 0.312. The fourth-order valence-corrected chi connectivity index (χ4v) is 2.50. The molecule has 2 aromatic rings. The highest BCUT2D eigenvalue weighted by Crippen LogP contribution is 2.23. The number of rotatable bonds is 6. The summed E-state index contributed by atoms with van der Waals surface area (Å²) < 4.78 is 4.98. The van der Waals surface area contributed by atoms with E-state index in [-0.39, 0.29) is 24.2 Å². The number of esters is 1. The van der Waals surface area contributed by atoms with Gasteiger partial charge in [-0.3, -0.25) is 4.79 Å². The Morgan fingerprint density at radius 3 is 2.73 bits per heavy atom. The van der Waals surface area contributed by atoms with Crippen LogP contribution in [0.5, 0.6) is 0 Å². The maximum Gasteiger partial charge on any atom is 0.358 e. The molecule has 6 heteroatoms. The van der Waals surface area contributed by atoms with Gasteiger partial charge in [-0.05, 0) is 13.3 Å². The summed E-state index contributed by atoms with van der Waals surface area (Å²) in [5, 5.41) is 5.12. The lowest BCUT2D eigenvalue weighted by atomic mass is 10.2. The molecule has 1 heterocycles. The van der Waals surface area contributed by atoms with Gasteiger partial charge in [0.2, 0.25) is 0 Å². The average Bonchev–Trinajstić information content (AvgIpc) is 3.03. The van der Waals surface area contributed by atoms with E-state index in [1.807, 2.05) is 44.2 Å². The quantitative estimate of drug-likeness (QED) is 0.832. The van der Waals surface area contributed by atoms with E-state index in [2.05, 4.69) is 10.3 Å². The molecule has 0 saturated carbocycles. The molecule has 1 aromatic carbocycles. The van der Waals surface area contributed by atoms with Gasteiger partial charge in [0.05, 0.1) is 0 Å². The molecular formula is C16H18N2O3S. The number of ether oxygens (including phenoxy) is 1. The van der Waals surface area contributed by atoms with Crippen LogP contribution in [0.2, 0.25) is 0 Å². The summed E-state index contributed by atoms with van der Waals surface area (Å²) >= 11 is 1.37. The lowest BCUT2D eigenvalue weighted by molar-refractivity contribution is -0.124. The van der Waals surface area contributed by atoms with Crippen molar-refractivity contribution in [2.75, 3.05) is 6.61 Å². The second-order valence-corrected chi connectivity index (χ2v) is 5.71. The first-order valence-electron chi connectivity index (χ1n) is 7.07. The van der Waals surface area contributed by atoms with Crippen molar-refractivity contribution < 1.29 is 14.3 Å². The van der Waals surface area contributed by atoms with Gasteiger partial charge in [0, 0.05) is 17.0 Å². The molecule has 1 N–H and O–H groups in total. The first-order chi connectivity index (χ1) is 10.6. The van der Waals surface area contributed by atoms with E-state index in [4.69, 9.17) is 4.74 Å². The third-order valence-electron chi connectivity index (χ3n) is 3.09. The third kappa shape index (κ3) is 4.39. The zero-order valence-corrected chi connectivity index (χ0v) is 13.4. The minimum atomic E-state index is -0.585. The van der Waals surface area contributed by atoms with Gasteiger partial charge in [0.25, 0.3) is 5.91 Å². The van der Waals surface area contributed by atoms with Crippen LogP contribution in [-0.4, -0.2) is 29.5 Å². The molecule has 22 heavy (non-hydrogen) atoms. The number of carbonyl (C=O) groups excluding carboxylic acids is 2. The Kier molecular flexibility index (Phi) is 5.66. The fourth-order valence-electron chi connectivity index (χ4n) is 1.70. The van der Waals surface area contributed by atoms with E-state index in [1.54, 1.807) is 5.38 Å². The first kappa shape index (κ1) is 16.2. The summed E-state index contributed by atoms with van der Waals surface area (Å²) in [6.07, 6.45) is 0.826. The highest BCUT2D eigenvalue weighted by molar-refractivity contribution is 7.13. The van der Waals surface area contributed by atoms with Crippen molar-refractivity contribution in [1.29, 1.82) is 0 Å². The van der Waals surface area contributed by atoms with Crippen LogP contribution in [0.25, 0.3) is 10.6 Å². The molecule has 5 nitrogen and oxygen atoms in total. The Balaban J connectivity index is 1.91. The Bertz CT molecular complexity index is 640. The van der Waals surface area contributed by atoms with Crippen LogP contribution >= 0.6 is 11.3 Å². The average molecular weight is 318 g/mol. The van der Waals surface area contributed by atoms with Crippen LogP contribution in [0, 0.1) is 0 Å². The van der Waals surface area contributed by atoms with E-state index in [0.29, 0.717) is 0 Å². The Hall–Kier alpha value is -2.21. The van der Waals surface area contributed by atoms with E-state index >= 15 is 0 Å². The van der Waals surface area contributed by atoms with Crippen molar-refractivity contribution in [2.24, 2.45) is 0 Å². The van der Waals surface area contributed by atoms with Gasteiger partial charge < -0.3 is 10.1 Å². The van der Waals surface area contributed by atoms with Gasteiger partial charge in [0.15, 0.2) is 12.3 Å². The standard InChI is InChI=1S/C16H18N2O3S/c1-3-11(2)17-14(19)9-21-16(20)13-10-22-15(18-13)12-7-5-4-6-8-12/h4-8,10-11H,3,9H2,1-2H3,(H,17,19)/t11-/m1/s1. The molecule has 1 aromatic heterocycles. The molecule has 1 amide bonds. The normalized spacial score (nSPS) is 11.7. The topological polar surface area (TPSA) is 68.3 Å². The molecule has 0 aliphatic heterocycles. The zero-order valence-electron chi connectivity index (χ0n) is 12.5. The molecule has 2 rings (SSSR count).